The first-order valence-corrected chi connectivity index (χ1v) is 7.83. The summed E-state index contributed by atoms with van der Waals surface area (Å²) in [6.07, 6.45) is 2.13. The Morgan fingerprint density at radius 3 is 2.45 bits per heavy atom. The van der Waals surface area contributed by atoms with Crippen LogP contribution < -0.4 is 5.32 Å². The summed E-state index contributed by atoms with van der Waals surface area (Å²) in [6.45, 7) is 6.09. The van der Waals surface area contributed by atoms with Gasteiger partial charge in [0, 0.05) is 30.8 Å². The van der Waals surface area contributed by atoms with Crippen molar-refractivity contribution in [2.24, 2.45) is 0 Å². The molecule has 1 aromatic rings. The molecule has 0 aromatic heterocycles. The fourth-order valence-electron chi connectivity index (χ4n) is 2.65. The van der Waals surface area contributed by atoms with E-state index in [0.29, 0.717) is 25.2 Å². The van der Waals surface area contributed by atoms with Gasteiger partial charge in [0.2, 0.25) is 0 Å². The Hall–Kier alpha value is -0.610. The van der Waals surface area contributed by atoms with Gasteiger partial charge in [-0.2, -0.15) is 0 Å². The van der Waals surface area contributed by atoms with Gasteiger partial charge in [0.25, 0.3) is 0 Å². The van der Waals surface area contributed by atoms with E-state index in [-0.39, 0.29) is 6.29 Å². The van der Waals surface area contributed by atoms with Gasteiger partial charge in [-0.1, -0.05) is 29.8 Å². The van der Waals surface area contributed by atoms with E-state index in [1.807, 2.05) is 26.0 Å². The van der Waals surface area contributed by atoms with Crippen LogP contribution in [0.3, 0.4) is 0 Å². The van der Waals surface area contributed by atoms with Crippen LogP contribution in [0, 0.1) is 0 Å². The monoisotopic (exact) mass is 297 g/mol. The normalized spacial score (nSPS) is 22.0. The van der Waals surface area contributed by atoms with Crippen molar-refractivity contribution in [2.45, 2.75) is 44.9 Å². The van der Waals surface area contributed by atoms with E-state index in [0.717, 1.165) is 24.4 Å². The van der Waals surface area contributed by atoms with Crippen molar-refractivity contribution in [1.82, 2.24) is 5.32 Å². The van der Waals surface area contributed by atoms with Crippen molar-refractivity contribution in [1.29, 1.82) is 0 Å². The van der Waals surface area contributed by atoms with Crippen LogP contribution in [-0.4, -0.2) is 32.1 Å². The lowest BCUT2D eigenvalue weighted by molar-refractivity contribution is -0.134. The van der Waals surface area contributed by atoms with E-state index in [4.69, 9.17) is 21.1 Å². The molecule has 2 rings (SSSR count). The van der Waals surface area contributed by atoms with Gasteiger partial charge in [-0.05, 0) is 44.2 Å². The predicted octanol–water partition coefficient (Wildman–Crippen LogP) is 3.57. The molecule has 1 fully saturated rings. The van der Waals surface area contributed by atoms with E-state index in [9.17, 15) is 0 Å². The number of rotatable bonds is 8. The molecule has 1 aliphatic carbocycles. The molecule has 1 saturated carbocycles. The minimum absolute atomic E-state index is 0.135. The van der Waals surface area contributed by atoms with Crippen LogP contribution in [0.5, 0.6) is 0 Å². The molecule has 0 bridgehead atoms. The average molecular weight is 298 g/mol. The summed E-state index contributed by atoms with van der Waals surface area (Å²) >= 11 is 6.23. The molecular formula is C16H24ClNO2. The Labute approximate surface area is 126 Å². The van der Waals surface area contributed by atoms with Gasteiger partial charge in [-0.15, -0.1) is 0 Å². The van der Waals surface area contributed by atoms with E-state index in [1.54, 1.807) is 0 Å². The maximum Gasteiger partial charge on any atom is 0.169 e. The van der Waals surface area contributed by atoms with E-state index in [2.05, 4.69) is 17.4 Å². The Balaban J connectivity index is 1.72. The van der Waals surface area contributed by atoms with Gasteiger partial charge in [0.15, 0.2) is 6.29 Å². The zero-order chi connectivity index (χ0) is 14.4. The first-order valence-electron chi connectivity index (χ1n) is 7.45. The summed E-state index contributed by atoms with van der Waals surface area (Å²) in [5.41, 5.74) is 1.28. The van der Waals surface area contributed by atoms with Gasteiger partial charge in [-0.25, -0.2) is 0 Å². The van der Waals surface area contributed by atoms with Crippen molar-refractivity contribution in [3.8, 4) is 0 Å². The highest BCUT2D eigenvalue weighted by atomic mass is 35.5. The summed E-state index contributed by atoms with van der Waals surface area (Å²) in [5.74, 6) is 0.582. The summed E-state index contributed by atoms with van der Waals surface area (Å²) in [5, 5.41) is 4.40. The number of halogens is 1. The lowest BCUT2D eigenvalue weighted by atomic mass is 9.76. The van der Waals surface area contributed by atoms with Crippen molar-refractivity contribution in [3.05, 3.63) is 34.9 Å². The van der Waals surface area contributed by atoms with Gasteiger partial charge in [-0.3, -0.25) is 0 Å². The highest BCUT2D eigenvalue weighted by molar-refractivity contribution is 6.31. The quantitative estimate of drug-likeness (QED) is 0.744. The average Bonchev–Trinajstić information content (AvgIpc) is 2.39. The molecule has 0 aliphatic heterocycles. The highest BCUT2D eigenvalue weighted by Gasteiger charge is 2.31. The van der Waals surface area contributed by atoms with Gasteiger partial charge >= 0.3 is 0 Å². The van der Waals surface area contributed by atoms with Crippen molar-refractivity contribution in [2.75, 3.05) is 19.8 Å². The van der Waals surface area contributed by atoms with Gasteiger partial charge < -0.3 is 14.8 Å². The Bertz CT molecular complexity index is 401. The fourth-order valence-corrected chi connectivity index (χ4v) is 2.94. The smallest absolute Gasteiger partial charge is 0.169 e. The summed E-state index contributed by atoms with van der Waals surface area (Å²) in [7, 11) is 0. The Morgan fingerprint density at radius 1 is 1.20 bits per heavy atom. The van der Waals surface area contributed by atoms with Crippen LogP contribution in [0.2, 0.25) is 5.02 Å². The van der Waals surface area contributed by atoms with Crippen LogP contribution in [0.4, 0.5) is 0 Å². The molecule has 112 valence electrons. The fraction of sp³-hybridized carbons (Fsp3) is 0.625. The molecule has 0 unspecified atom stereocenters. The van der Waals surface area contributed by atoms with Crippen LogP contribution in [0.25, 0.3) is 0 Å². The van der Waals surface area contributed by atoms with E-state index in [1.165, 1.54) is 5.56 Å². The lowest BCUT2D eigenvalue weighted by Crippen LogP contribution is -2.44. The van der Waals surface area contributed by atoms with Crippen molar-refractivity contribution >= 4 is 11.6 Å². The van der Waals surface area contributed by atoms with E-state index >= 15 is 0 Å². The van der Waals surface area contributed by atoms with Crippen LogP contribution in [-0.2, 0) is 9.47 Å². The summed E-state index contributed by atoms with van der Waals surface area (Å²) in [6, 6.07) is 8.68. The molecule has 0 saturated heterocycles. The number of ether oxygens (including phenoxy) is 2. The maximum atomic E-state index is 6.23. The highest BCUT2D eigenvalue weighted by Crippen LogP contribution is 2.39. The number of hydrogen-bond donors (Lipinski definition) is 1. The molecule has 0 atom stereocenters. The predicted molar refractivity (Wildman–Crippen MR) is 82.3 cm³/mol. The second kappa shape index (κ2) is 7.99. The zero-order valence-corrected chi connectivity index (χ0v) is 13.0. The molecule has 0 radical (unpaired) electrons. The molecule has 0 heterocycles. The first kappa shape index (κ1) is 15.8. The molecule has 4 heteroatoms. The number of benzene rings is 1. The summed E-state index contributed by atoms with van der Waals surface area (Å²) in [4.78, 5) is 0. The third-order valence-electron chi connectivity index (χ3n) is 3.76. The molecule has 0 amide bonds. The maximum absolute atomic E-state index is 6.23. The topological polar surface area (TPSA) is 30.5 Å². The van der Waals surface area contributed by atoms with Gasteiger partial charge in [0.05, 0.1) is 0 Å². The molecule has 3 nitrogen and oxygen atoms in total. The van der Waals surface area contributed by atoms with E-state index < -0.39 is 0 Å². The lowest BCUT2D eigenvalue weighted by Gasteiger charge is -2.37. The standard InChI is InChI=1S/C16H24ClNO2/c1-3-19-16(20-4-2)11-18-13-9-12(10-13)14-7-5-6-8-15(14)17/h5-8,12-13,16,18H,3-4,9-11H2,1-2H3. The molecule has 0 spiro atoms. The molecule has 1 aliphatic rings. The molecule has 20 heavy (non-hydrogen) atoms. The van der Waals surface area contributed by atoms with Crippen LogP contribution >= 0.6 is 11.6 Å². The largest absolute Gasteiger partial charge is 0.352 e. The second-order valence-electron chi connectivity index (χ2n) is 5.14. The minimum Gasteiger partial charge on any atom is -0.352 e. The van der Waals surface area contributed by atoms with Crippen LogP contribution in [0.1, 0.15) is 38.2 Å². The first-order chi connectivity index (χ1) is 9.74. The van der Waals surface area contributed by atoms with Crippen LogP contribution in [0.15, 0.2) is 24.3 Å². The van der Waals surface area contributed by atoms with Crippen molar-refractivity contribution in [3.63, 3.8) is 0 Å². The SMILES string of the molecule is CCOC(CNC1CC(c2ccccc2Cl)C1)OCC. The minimum atomic E-state index is -0.135. The second-order valence-corrected chi connectivity index (χ2v) is 5.54. The third-order valence-corrected chi connectivity index (χ3v) is 4.11. The molecule has 1 aromatic carbocycles. The third kappa shape index (κ3) is 4.19. The number of nitrogens with one attached hydrogen (secondary N) is 1. The van der Waals surface area contributed by atoms with Crippen molar-refractivity contribution < 1.29 is 9.47 Å². The Kier molecular flexibility index (Phi) is 6.30. The molecule has 1 N–H and O–H groups in total. The van der Waals surface area contributed by atoms with Gasteiger partial charge in [0.1, 0.15) is 0 Å². The summed E-state index contributed by atoms with van der Waals surface area (Å²) < 4.78 is 11.1. The Morgan fingerprint density at radius 2 is 1.85 bits per heavy atom. The zero-order valence-electron chi connectivity index (χ0n) is 12.3. The molecular weight excluding hydrogens is 274 g/mol. The number of hydrogen-bond acceptors (Lipinski definition) is 3.